The second kappa shape index (κ2) is 7.28. The Morgan fingerprint density at radius 2 is 2.00 bits per heavy atom. The van der Waals surface area contributed by atoms with E-state index in [9.17, 15) is 14.9 Å². The summed E-state index contributed by atoms with van der Waals surface area (Å²) in [6, 6.07) is 0. The average molecular weight is 273 g/mol. The fraction of sp³-hybridized carbons (Fsp3) is 0.917. The third-order valence-corrected chi connectivity index (χ3v) is 3.31. The summed E-state index contributed by atoms with van der Waals surface area (Å²) < 4.78 is 0. The molecule has 110 valence electrons. The molecule has 7 nitrogen and oxygen atoms in total. The zero-order chi connectivity index (χ0) is 14.3. The number of nitrogens with one attached hydrogen (secondary N) is 1. The molecule has 7 heteroatoms. The van der Waals surface area contributed by atoms with Crippen LogP contribution in [-0.4, -0.2) is 48.7 Å². The highest BCUT2D eigenvalue weighted by molar-refractivity contribution is 5.81. The molecule has 1 rings (SSSR count). The van der Waals surface area contributed by atoms with Gasteiger partial charge in [-0.15, -0.1) is 10.1 Å². The molecule has 0 saturated carbocycles. The second-order valence-corrected chi connectivity index (χ2v) is 5.54. The summed E-state index contributed by atoms with van der Waals surface area (Å²) in [5, 5.41) is 12.1. The predicted octanol–water partition coefficient (Wildman–Crippen LogP) is 0.823. The topological polar surface area (TPSA) is 84.7 Å². The number of hydrogen-bond donors (Lipinski definition) is 1. The molecule has 19 heavy (non-hydrogen) atoms. The third-order valence-electron chi connectivity index (χ3n) is 3.31. The van der Waals surface area contributed by atoms with Crippen LogP contribution in [0.15, 0.2) is 0 Å². The van der Waals surface area contributed by atoms with Crippen molar-refractivity contribution in [3.05, 3.63) is 10.1 Å². The number of hydrogen-bond acceptors (Lipinski definition) is 5. The maximum atomic E-state index is 11.9. The molecule has 1 heterocycles. The Kier molecular flexibility index (Phi) is 6.01. The van der Waals surface area contributed by atoms with Crippen LogP contribution < -0.4 is 5.32 Å². The van der Waals surface area contributed by atoms with Crippen molar-refractivity contribution >= 4 is 5.91 Å². The van der Waals surface area contributed by atoms with E-state index in [1.165, 1.54) is 19.3 Å². The quantitative estimate of drug-likeness (QED) is 0.548. The number of carbonyl (C=O) groups is 1. The van der Waals surface area contributed by atoms with Crippen molar-refractivity contribution in [2.75, 3.05) is 32.8 Å². The molecule has 0 aromatic rings. The van der Waals surface area contributed by atoms with Crippen molar-refractivity contribution in [1.82, 2.24) is 10.2 Å². The van der Waals surface area contributed by atoms with Gasteiger partial charge < -0.3 is 15.1 Å². The van der Waals surface area contributed by atoms with Gasteiger partial charge in [0.05, 0.1) is 5.41 Å². The van der Waals surface area contributed by atoms with E-state index in [2.05, 4.69) is 15.1 Å². The van der Waals surface area contributed by atoms with Crippen LogP contribution in [0.3, 0.4) is 0 Å². The molecule has 1 N–H and O–H groups in total. The van der Waals surface area contributed by atoms with Gasteiger partial charge in [-0.3, -0.25) is 4.79 Å². The second-order valence-electron chi connectivity index (χ2n) is 5.54. The monoisotopic (exact) mass is 273 g/mol. The lowest BCUT2D eigenvalue weighted by Gasteiger charge is -2.27. The summed E-state index contributed by atoms with van der Waals surface area (Å²) in [5.74, 6) is -0.216. The van der Waals surface area contributed by atoms with E-state index >= 15 is 0 Å². The van der Waals surface area contributed by atoms with Crippen LogP contribution in [0.4, 0.5) is 0 Å². The Bertz CT molecular complexity index is 314. The molecule has 0 aromatic heterocycles. The minimum atomic E-state index is -0.894. The molecule has 0 aromatic carbocycles. The number of nitrogens with zero attached hydrogens (tertiary/aromatic N) is 2. The van der Waals surface area contributed by atoms with E-state index in [0.29, 0.717) is 6.54 Å². The first-order valence-electron chi connectivity index (χ1n) is 6.70. The van der Waals surface area contributed by atoms with Crippen molar-refractivity contribution in [2.45, 2.75) is 33.1 Å². The zero-order valence-electron chi connectivity index (χ0n) is 11.7. The molecular weight excluding hydrogens is 250 g/mol. The minimum Gasteiger partial charge on any atom is -0.354 e. The van der Waals surface area contributed by atoms with Crippen molar-refractivity contribution in [3.63, 3.8) is 0 Å². The van der Waals surface area contributed by atoms with E-state index in [1.807, 2.05) is 0 Å². The fourth-order valence-corrected chi connectivity index (χ4v) is 2.03. The average Bonchev–Trinajstić information content (AvgIpc) is 2.37. The van der Waals surface area contributed by atoms with Crippen LogP contribution in [0, 0.1) is 15.5 Å². The van der Waals surface area contributed by atoms with Gasteiger partial charge in [0.25, 0.3) is 5.09 Å². The maximum absolute atomic E-state index is 11.9. The maximum Gasteiger partial charge on any atom is 0.294 e. The van der Waals surface area contributed by atoms with Gasteiger partial charge in [-0.2, -0.15) is 0 Å². The molecule has 0 spiro atoms. The fourth-order valence-electron chi connectivity index (χ4n) is 2.03. The van der Waals surface area contributed by atoms with Gasteiger partial charge in [0.15, 0.2) is 0 Å². The Morgan fingerprint density at radius 3 is 2.58 bits per heavy atom. The summed E-state index contributed by atoms with van der Waals surface area (Å²) in [5.41, 5.74) is -0.894. The van der Waals surface area contributed by atoms with Gasteiger partial charge in [0, 0.05) is 13.1 Å². The molecule has 0 atom stereocenters. The number of amides is 1. The molecule has 1 fully saturated rings. The van der Waals surface area contributed by atoms with Gasteiger partial charge >= 0.3 is 0 Å². The summed E-state index contributed by atoms with van der Waals surface area (Å²) in [4.78, 5) is 28.6. The standard InChI is InChI=1S/C12H23N3O4/c1-12(2,10-19-15(17)18)11(16)13-6-9-14-7-4-3-5-8-14/h3-10H2,1-2H3,(H,13,16). The van der Waals surface area contributed by atoms with Gasteiger partial charge in [-0.25, -0.2) is 0 Å². The number of likely N-dealkylation sites (tertiary alicyclic amines) is 1. The highest BCUT2D eigenvalue weighted by Gasteiger charge is 2.29. The molecule has 1 amide bonds. The lowest BCUT2D eigenvalue weighted by molar-refractivity contribution is -0.760. The largest absolute Gasteiger partial charge is 0.354 e. The van der Waals surface area contributed by atoms with Gasteiger partial charge in [-0.1, -0.05) is 6.42 Å². The molecule has 0 radical (unpaired) electrons. The lowest BCUT2D eigenvalue weighted by Crippen LogP contribution is -2.44. The SMILES string of the molecule is CC(C)(CO[N+](=O)[O-])C(=O)NCCN1CCCCC1. The third kappa shape index (κ3) is 5.87. The van der Waals surface area contributed by atoms with Crippen LogP contribution >= 0.6 is 0 Å². The molecule has 0 aliphatic carbocycles. The molecule has 0 unspecified atom stereocenters. The van der Waals surface area contributed by atoms with Crippen molar-refractivity contribution < 1.29 is 14.7 Å². The molecule has 1 saturated heterocycles. The first-order valence-corrected chi connectivity index (χ1v) is 6.70. The molecule has 1 aliphatic rings. The summed E-state index contributed by atoms with van der Waals surface area (Å²) in [6.07, 6.45) is 3.72. The summed E-state index contributed by atoms with van der Waals surface area (Å²) in [7, 11) is 0. The van der Waals surface area contributed by atoms with Gasteiger partial charge in [-0.05, 0) is 39.8 Å². The van der Waals surface area contributed by atoms with Crippen molar-refractivity contribution in [1.29, 1.82) is 0 Å². The van der Waals surface area contributed by atoms with Gasteiger partial charge in [0.1, 0.15) is 6.61 Å². The molecule has 0 bridgehead atoms. The lowest BCUT2D eigenvalue weighted by atomic mass is 9.94. The van der Waals surface area contributed by atoms with Crippen LogP contribution in [0.1, 0.15) is 33.1 Å². The van der Waals surface area contributed by atoms with Crippen molar-refractivity contribution in [2.24, 2.45) is 5.41 Å². The first-order chi connectivity index (χ1) is 8.92. The number of piperidine rings is 1. The van der Waals surface area contributed by atoms with Crippen molar-refractivity contribution in [3.8, 4) is 0 Å². The van der Waals surface area contributed by atoms with Crippen LogP contribution in [0.25, 0.3) is 0 Å². The van der Waals surface area contributed by atoms with Crippen LogP contribution in [0.5, 0.6) is 0 Å². The van der Waals surface area contributed by atoms with E-state index in [1.54, 1.807) is 13.8 Å². The predicted molar refractivity (Wildman–Crippen MR) is 70.0 cm³/mol. The van der Waals surface area contributed by atoms with E-state index in [-0.39, 0.29) is 12.5 Å². The molecular formula is C12H23N3O4. The van der Waals surface area contributed by atoms with Crippen LogP contribution in [0.2, 0.25) is 0 Å². The Labute approximate surface area is 113 Å². The highest BCUT2D eigenvalue weighted by Crippen LogP contribution is 2.15. The van der Waals surface area contributed by atoms with E-state index in [0.717, 1.165) is 19.6 Å². The smallest absolute Gasteiger partial charge is 0.294 e. The summed E-state index contributed by atoms with van der Waals surface area (Å²) >= 11 is 0. The molecule has 1 aliphatic heterocycles. The Hall–Kier alpha value is -1.37. The number of rotatable bonds is 7. The number of carbonyl (C=O) groups excluding carboxylic acids is 1. The van der Waals surface area contributed by atoms with Gasteiger partial charge in [0.2, 0.25) is 5.91 Å². The normalized spacial score (nSPS) is 16.9. The Morgan fingerprint density at radius 1 is 1.37 bits per heavy atom. The first kappa shape index (κ1) is 15.7. The van der Waals surface area contributed by atoms with Crippen LogP contribution in [-0.2, 0) is 9.63 Å². The zero-order valence-corrected chi connectivity index (χ0v) is 11.7. The Balaban J connectivity index is 2.23. The van der Waals surface area contributed by atoms with E-state index in [4.69, 9.17) is 0 Å². The summed E-state index contributed by atoms with van der Waals surface area (Å²) in [6.45, 7) is 6.61. The highest BCUT2D eigenvalue weighted by atomic mass is 16.9. The minimum absolute atomic E-state index is 0.216. The van der Waals surface area contributed by atoms with E-state index < -0.39 is 10.5 Å².